The van der Waals surface area contributed by atoms with E-state index in [2.05, 4.69) is 4.72 Å². The molecule has 156 valence electrons. The molecule has 29 heavy (non-hydrogen) atoms. The molecule has 0 saturated carbocycles. The van der Waals surface area contributed by atoms with Gasteiger partial charge in [0, 0.05) is 25.2 Å². The summed E-state index contributed by atoms with van der Waals surface area (Å²) in [4.78, 5) is 13.7. The Morgan fingerprint density at radius 3 is 2.41 bits per heavy atom. The number of anilines is 1. The van der Waals surface area contributed by atoms with E-state index in [1.165, 1.54) is 0 Å². The zero-order valence-corrected chi connectivity index (χ0v) is 16.6. The number of hydrogen-bond donors (Lipinski definition) is 1. The number of alkyl halides is 3. The average molecular weight is 426 g/mol. The molecular weight excluding hydrogens is 405 g/mol. The summed E-state index contributed by atoms with van der Waals surface area (Å²) < 4.78 is 65.2. The third-order valence-corrected chi connectivity index (χ3v) is 6.05. The first-order chi connectivity index (χ1) is 13.6. The monoisotopic (exact) mass is 426 g/mol. The van der Waals surface area contributed by atoms with Crippen LogP contribution in [0.3, 0.4) is 0 Å². The number of carbonyl (C=O) groups excluding carboxylic acids is 1. The Hall–Kier alpha value is -2.55. The van der Waals surface area contributed by atoms with E-state index in [0.717, 1.165) is 35.4 Å². The van der Waals surface area contributed by atoms with E-state index >= 15 is 0 Å². The van der Waals surface area contributed by atoms with Gasteiger partial charge >= 0.3 is 6.18 Å². The predicted octanol–water partition coefficient (Wildman–Crippen LogP) is 3.94. The van der Waals surface area contributed by atoms with Crippen molar-refractivity contribution in [2.45, 2.75) is 38.2 Å². The highest BCUT2D eigenvalue weighted by Gasteiger charge is 2.30. The van der Waals surface area contributed by atoms with Crippen molar-refractivity contribution < 1.29 is 26.4 Å². The molecule has 1 heterocycles. The van der Waals surface area contributed by atoms with E-state index in [-0.39, 0.29) is 11.5 Å². The number of amides is 1. The molecule has 0 fully saturated rings. The summed E-state index contributed by atoms with van der Waals surface area (Å²) >= 11 is 0. The summed E-state index contributed by atoms with van der Waals surface area (Å²) in [6.45, 7) is 2.86. The van der Waals surface area contributed by atoms with Gasteiger partial charge < -0.3 is 4.90 Å². The zero-order valence-electron chi connectivity index (χ0n) is 15.8. The maximum atomic E-state index is 12.6. The molecule has 0 aliphatic carbocycles. The van der Waals surface area contributed by atoms with Crippen molar-refractivity contribution in [2.24, 2.45) is 0 Å². The molecule has 0 atom stereocenters. The van der Waals surface area contributed by atoms with Crippen molar-refractivity contribution in [2.75, 3.05) is 11.3 Å². The fourth-order valence-electron chi connectivity index (χ4n) is 3.28. The molecule has 1 aliphatic rings. The first-order valence-electron chi connectivity index (χ1n) is 9.13. The van der Waals surface area contributed by atoms with Crippen LogP contribution in [0.5, 0.6) is 0 Å². The zero-order chi connectivity index (χ0) is 21.2. The molecule has 2 aromatic carbocycles. The molecule has 9 heteroatoms. The molecule has 5 nitrogen and oxygen atoms in total. The third kappa shape index (κ3) is 5.29. The Balaban J connectivity index is 1.71. The van der Waals surface area contributed by atoms with Gasteiger partial charge in [-0.1, -0.05) is 25.1 Å². The van der Waals surface area contributed by atoms with Gasteiger partial charge in [0.1, 0.15) is 0 Å². The number of carbonyl (C=O) groups is 1. The van der Waals surface area contributed by atoms with E-state index in [4.69, 9.17) is 0 Å². The van der Waals surface area contributed by atoms with Crippen LogP contribution in [0, 0.1) is 0 Å². The van der Waals surface area contributed by atoms with Crippen molar-refractivity contribution in [1.29, 1.82) is 0 Å². The Kier molecular flexibility index (Phi) is 5.88. The standard InChI is InChI=1S/C20H21F3N2O3S/c1-2-19(26)25-10-9-15-5-8-18(11-16(15)12-25)24-29(27,28)13-14-3-6-17(7-4-14)20(21,22)23/h3-8,11,24H,2,9-10,12-13H2,1H3. The van der Waals surface area contributed by atoms with Gasteiger partial charge in [-0.15, -0.1) is 0 Å². The van der Waals surface area contributed by atoms with Crippen molar-refractivity contribution in [3.05, 3.63) is 64.7 Å². The molecule has 0 spiro atoms. The van der Waals surface area contributed by atoms with Crippen LogP contribution in [0.15, 0.2) is 42.5 Å². The number of nitrogens with zero attached hydrogens (tertiary/aromatic N) is 1. The lowest BCUT2D eigenvalue weighted by Crippen LogP contribution is -2.35. The normalized spacial score (nSPS) is 14.4. The van der Waals surface area contributed by atoms with Gasteiger partial charge in [0.25, 0.3) is 0 Å². The van der Waals surface area contributed by atoms with E-state index in [9.17, 15) is 26.4 Å². The van der Waals surface area contributed by atoms with E-state index < -0.39 is 27.5 Å². The number of benzene rings is 2. The Morgan fingerprint density at radius 2 is 1.79 bits per heavy atom. The maximum Gasteiger partial charge on any atom is 0.416 e. The van der Waals surface area contributed by atoms with Crippen LogP contribution in [0.1, 0.15) is 35.6 Å². The summed E-state index contributed by atoms with van der Waals surface area (Å²) in [6.07, 6.45) is -3.35. The number of rotatable bonds is 5. The summed E-state index contributed by atoms with van der Waals surface area (Å²) in [5, 5.41) is 0. The van der Waals surface area contributed by atoms with Crippen LogP contribution in [0.2, 0.25) is 0 Å². The molecule has 3 rings (SSSR count). The SMILES string of the molecule is CCC(=O)N1CCc2ccc(NS(=O)(=O)Cc3ccc(C(F)(F)F)cc3)cc2C1. The first kappa shape index (κ1) is 21.2. The second-order valence-electron chi connectivity index (χ2n) is 6.96. The van der Waals surface area contributed by atoms with Crippen molar-refractivity contribution in [3.8, 4) is 0 Å². The molecule has 1 N–H and O–H groups in total. The first-order valence-corrected chi connectivity index (χ1v) is 10.8. The molecule has 1 aliphatic heterocycles. The minimum atomic E-state index is -4.47. The summed E-state index contributed by atoms with van der Waals surface area (Å²) in [5.74, 6) is -0.396. The van der Waals surface area contributed by atoms with Gasteiger partial charge in [0.15, 0.2) is 0 Å². The van der Waals surface area contributed by atoms with E-state index in [1.54, 1.807) is 24.0 Å². The van der Waals surface area contributed by atoms with Crippen LogP contribution in [-0.4, -0.2) is 25.8 Å². The molecule has 2 aromatic rings. The van der Waals surface area contributed by atoms with Crippen molar-refractivity contribution in [1.82, 2.24) is 4.90 Å². The fraction of sp³-hybridized carbons (Fsp3) is 0.350. The number of sulfonamides is 1. The minimum absolute atomic E-state index is 0.0453. The lowest BCUT2D eigenvalue weighted by molar-refractivity contribution is -0.137. The lowest BCUT2D eigenvalue weighted by atomic mass is 9.99. The van der Waals surface area contributed by atoms with E-state index in [0.29, 0.717) is 31.6 Å². The Bertz CT molecular complexity index is 1000. The molecule has 0 saturated heterocycles. The maximum absolute atomic E-state index is 12.6. The molecule has 0 aromatic heterocycles. The predicted molar refractivity (Wildman–Crippen MR) is 104 cm³/mol. The highest BCUT2D eigenvalue weighted by atomic mass is 32.2. The number of nitrogens with one attached hydrogen (secondary N) is 1. The second-order valence-corrected chi connectivity index (χ2v) is 8.68. The van der Waals surface area contributed by atoms with E-state index in [1.807, 2.05) is 6.07 Å². The summed E-state index contributed by atoms with van der Waals surface area (Å²) in [5.41, 5.74) is 1.74. The van der Waals surface area contributed by atoms with Gasteiger partial charge in [-0.25, -0.2) is 8.42 Å². The van der Waals surface area contributed by atoms with Crippen molar-refractivity contribution >= 4 is 21.6 Å². The van der Waals surface area contributed by atoms with Gasteiger partial charge in [-0.05, 0) is 47.4 Å². The third-order valence-electron chi connectivity index (χ3n) is 4.78. The molecule has 0 bridgehead atoms. The van der Waals surface area contributed by atoms with Gasteiger partial charge in [0.05, 0.1) is 11.3 Å². The highest BCUT2D eigenvalue weighted by molar-refractivity contribution is 7.91. The van der Waals surface area contributed by atoms with Crippen molar-refractivity contribution in [3.63, 3.8) is 0 Å². The topological polar surface area (TPSA) is 66.5 Å². The van der Waals surface area contributed by atoms with Gasteiger partial charge in [-0.3, -0.25) is 9.52 Å². The largest absolute Gasteiger partial charge is 0.416 e. The van der Waals surface area contributed by atoms with Crippen LogP contribution in [-0.2, 0) is 39.7 Å². The highest BCUT2D eigenvalue weighted by Crippen LogP contribution is 2.29. The lowest BCUT2D eigenvalue weighted by Gasteiger charge is -2.29. The van der Waals surface area contributed by atoms with Gasteiger partial charge in [-0.2, -0.15) is 13.2 Å². The Morgan fingerprint density at radius 1 is 1.10 bits per heavy atom. The molecule has 0 radical (unpaired) electrons. The smallest absolute Gasteiger partial charge is 0.338 e. The average Bonchev–Trinajstić information content (AvgIpc) is 2.65. The van der Waals surface area contributed by atoms with Crippen LogP contribution < -0.4 is 4.72 Å². The number of halogens is 3. The molecular formula is C20H21F3N2O3S. The summed E-state index contributed by atoms with van der Waals surface area (Å²) in [7, 11) is -3.81. The molecule has 1 amide bonds. The summed E-state index contributed by atoms with van der Waals surface area (Å²) in [6, 6.07) is 9.23. The van der Waals surface area contributed by atoms with Crippen LogP contribution in [0.4, 0.5) is 18.9 Å². The minimum Gasteiger partial charge on any atom is -0.338 e. The number of hydrogen-bond acceptors (Lipinski definition) is 3. The van der Waals surface area contributed by atoms with Crippen LogP contribution >= 0.6 is 0 Å². The number of fused-ring (bicyclic) bond motifs is 1. The second kappa shape index (κ2) is 8.06. The van der Waals surface area contributed by atoms with Gasteiger partial charge in [0.2, 0.25) is 15.9 Å². The Labute approximate surface area is 167 Å². The quantitative estimate of drug-likeness (QED) is 0.788. The molecule has 0 unspecified atom stereocenters. The fourth-order valence-corrected chi connectivity index (χ4v) is 4.47. The van der Waals surface area contributed by atoms with Crippen LogP contribution in [0.25, 0.3) is 0 Å².